The SMILES string of the molecule is O=C(Cl)Oc1ccccc1.O=[N+]([O-])C(OO)c1ccccc1. The summed E-state index contributed by atoms with van der Waals surface area (Å²) in [6.07, 6.45) is -1.49. The highest BCUT2D eigenvalue weighted by Gasteiger charge is 2.22. The topological polar surface area (TPSA) is 98.9 Å². The molecule has 0 radical (unpaired) electrons. The van der Waals surface area contributed by atoms with Gasteiger partial charge in [0.1, 0.15) is 5.75 Å². The maximum atomic E-state index is 10.3. The molecule has 0 fully saturated rings. The Morgan fingerprint density at radius 3 is 2.00 bits per heavy atom. The van der Waals surface area contributed by atoms with Crippen molar-refractivity contribution in [2.24, 2.45) is 0 Å². The van der Waals surface area contributed by atoms with Crippen LogP contribution < -0.4 is 4.74 Å². The second-order valence-corrected chi connectivity index (χ2v) is 4.12. The number of benzene rings is 2. The molecule has 8 heteroatoms. The molecule has 0 amide bonds. The third-order valence-electron chi connectivity index (χ3n) is 2.32. The number of nitro groups is 1. The van der Waals surface area contributed by atoms with Crippen LogP contribution in [0.4, 0.5) is 4.79 Å². The molecule has 116 valence electrons. The minimum atomic E-state index is -1.49. The third-order valence-corrected chi connectivity index (χ3v) is 2.39. The van der Waals surface area contributed by atoms with Crippen molar-refractivity contribution in [2.45, 2.75) is 6.23 Å². The van der Waals surface area contributed by atoms with Crippen LogP contribution in [0.1, 0.15) is 11.8 Å². The van der Waals surface area contributed by atoms with Crippen LogP contribution in [0, 0.1) is 10.1 Å². The first-order valence-corrected chi connectivity index (χ1v) is 6.33. The standard InChI is InChI=1S/C7H5ClO2.C7H7NO4/c8-7(9)10-6-4-2-1-3-5-6;9-8(10)7(12-11)6-4-2-1-3-5-6/h1-5H;1-5,7,11H. The lowest BCUT2D eigenvalue weighted by Gasteiger charge is -2.03. The largest absolute Gasteiger partial charge is 0.415 e. The van der Waals surface area contributed by atoms with Crippen LogP contribution in [0.2, 0.25) is 0 Å². The predicted octanol–water partition coefficient (Wildman–Crippen LogP) is 3.88. The summed E-state index contributed by atoms with van der Waals surface area (Å²) in [6, 6.07) is 16.6. The Hall–Kier alpha value is -2.48. The van der Waals surface area contributed by atoms with Crippen molar-refractivity contribution in [3.8, 4) is 5.75 Å². The van der Waals surface area contributed by atoms with E-state index in [4.69, 9.17) is 16.9 Å². The monoisotopic (exact) mass is 325 g/mol. The molecule has 0 heterocycles. The zero-order valence-corrected chi connectivity index (χ0v) is 11.9. The van der Waals surface area contributed by atoms with E-state index in [1.165, 1.54) is 12.1 Å². The van der Waals surface area contributed by atoms with E-state index in [1.54, 1.807) is 42.5 Å². The summed E-state index contributed by atoms with van der Waals surface area (Å²) >= 11 is 4.95. The fraction of sp³-hybridized carbons (Fsp3) is 0.0714. The van der Waals surface area contributed by atoms with E-state index < -0.39 is 16.6 Å². The van der Waals surface area contributed by atoms with E-state index in [0.29, 0.717) is 11.3 Å². The minimum Gasteiger partial charge on any atom is -0.415 e. The maximum absolute atomic E-state index is 10.3. The molecular formula is C14H12ClNO6. The number of nitrogens with zero attached hydrogens (tertiary/aromatic N) is 1. The number of ether oxygens (including phenoxy) is 1. The summed E-state index contributed by atoms with van der Waals surface area (Å²) in [5.74, 6) is 0.461. The fourth-order valence-electron chi connectivity index (χ4n) is 1.42. The molecule has 2 rings (SSSR count). The van der Waals surface area contributed by atoms with Crippen LogP contribution in [0.15, 0.2) is 60.7 Å². The highest BCUT2D eigenvalue weighted by atomic mass is 35.5. The lowest BCUT2D eigenvalue weighted by Crippen LogP contribution is -2.12. The number of halogens is 1. The van der Waals surface area contributed by atoms with Crippen molar-refractivity contribution in [1.29, 1.82) is 0 Å². The van der Waals surface area contributed by atoms with Crippen LogP contribution in [0.25, 0.3) is 0 Å². The van der Waals surface area contributed by atoms with Crippen molar-refractivity contribution in [1.82, 2.24) is 0 Å². The van der Waals surface area contributed by atoms with Crippen LogP contribution in [0.5, 0.6) is 5.75 Å². The Morgan fingerprint density at radius 1 is 1.09 bits per heavy atom. The first kappa shape index (κ1) is 17.6. The van der Waals surface area contributed by atoms with Crippen molar-refractivity contribution in [2.75, 3.05) is 0 Å². The van der Waals surface area contributed by atoms with E-state index in [9.17, 15) is 14.9 Å². The average Bonchev–Trinajstić information content (AvgIpc) is 2.50. The molecular weight excluding hydrogens is 314 g/mol. The minimum absolute atomic E-state index is 0.310. The predicted molar refractivity (Wildman–Crippen MR) is 78.2 cm³/mol. The van der Waals surface area contributed by atoms with Gasteiger partial charge in [0.15, 0.2) is 0 Å². The van der Waals surface area contributed by atoms with E-state index in [-0.39, 0.29) is 0 Å². The lowest BCUT2D eigenvalue weighted by atomic mass is 10.2. The van der Waals surface area contributed by atoms with E-state index >= 15 is 0 Å². The van der Waals surface area contributed by atoms with Crippen LogP contribution in [-0.4, -0.2) is 15.6 Å². The molecule has 2 aromatic rings. The smallest absolute Gasteiger partial charge is 0.409 e. The lowest BCUT2D eigenvalue weighted by molar-refractivity contribution is -0.624. The van der Waals surface area contributed by atoms with E-state index in [0.717, 1.165) is 0 Å². The second-order valence-electron chi connectivity index (χ2n) is 3.81. The van der Waals surface area contributed by atoms with Gasteiger partial charge in [-0.1, -0.05) is 36.4 Å². The molecule has 0 bridgehead atoms. The Morgan fingerprint density at radius 2 is 1.59 bits per heavy atom. The molecule has 0 aliphatic rings. The van der Waals surface area contributed by atoms with Crippen LogP contribution >= 0.6 is 11.6 Å². The third kappa shape index (κ3) is 6.31. The Labute approximate surface area is 130 Å². The van der Waals surface area contributed by atoms with Gasteiger partial charge in [-0.2, -0.15) is 4.89 Å². The van der Waals surface area contributed by atoms with Crippen LogP contribution in [-0.2, 0) is 4.89 Å². The van der Waals surface area contributed by atoms with Crippen molar-refractivity contribution in [3.05, 3.63) is 76.3 Å². The zero-order chi connectivity index (χ0) is 16.4. The Kier molecular flexibility index (Phi) is 7.55. The molecule has 0 aliphatic heterocycles. The van der Waals surface area contributed by atoms with Gasteiger partial charge in [0.2, 0.25) is 0 Å². The molecule has 0 saturated heterocycles. The summed E-state index contributed by atoms with van der Waals surface area (Å²) in [5, 5.41) is 18.5. The number of hydrogen-bond donors (Lipinski definition) is 1. The first-order chi connectivity index (χ1) is 10.5. The van der Waals surface area contributed by atoms with Gasteiger partial charge in [0, 0.05) is 11.6 Å². The molecule has 7 nitrogen and oxygen atoms in total. The Balaban J connectivity index is 0.000000224. The van der Waals surface area contributed by atoms with Gasteiger partial charge in [0.05, 0.1) is 10.5 Å². The van der Waals surface area contributed by atoms with Crippen molar-refractivity contribution in [3.63, 3.8) is 0 Å². The van der Waals surface area contributed by atoms with Gasteiger partial charge in [-0.25, -0.2) is 10.1 Å². The Bertz CT molecular complexity index is 593. The summed E-state index contributed by atoms with van der Waals surface area (Å²) in [6.45, 7) is 0. The van der Waals surface area contributed by atoms with Gasteiger partial charge in [0.25, 0.3) is 0 Å². The second kappa shape index (κ2) is 9.46. The summed E-state index contributed by atoms with van der Waals surface area (Å²) in [5.41, 5.74) is -0.504. The van der Waals surface area contributed by atoms with Crippen molar-refractivity contribution < 1.29 is 24.6 Å². The number of hydrogen-bond acceptors (Lipinski definition) is 6. The highest BCUT2D eigenvalue weighted by Crippen LogP contribution is 2.15. The number of rotatable bonds is 4. The van der Waals surface area contributed by atoms with Gasteiger partial charge in [-0.05, 0) is 24.3 Å². The fourth-order valence-corrected chi connectivity index (χ4v) is 1.51. The van der Waals surface area contributed by atoms with Gasteiger partial charge < -0.3 is 4.74 Å². The average molecular weight is 326 g/mol. The molecule has 1 atom stereocenters. The number of para-hydroxylation sites is 1. The maximum Gasteiger partial charge on any atom is 0.409 e. The molecule has 0 aromatic heterocycles. The molecule has 1 N–H and O–H groups in total. The molecule has 2 aromatic carbocycles. The molecule has 0 aliphatic carbocycles. The molecule has 1 unspecified atom stereocenters. The molecule has 0 saturated carbocycles. The van der Waals surface area contributed by atoms with Gasteiger partial charge in [-0.3, -0.25) is 10.1 Å². The van der Waals surface area contributed by atoms with Crippen LogP contribution in [0.3, 0.4) is 0 Å². The number of carbonyl (C=O) groups excluding carboxylic acids is 1. The molecule has 0 spiro atoms. The number of carbonyl (C=O) groups is 1. The first-order valence-electron chi connectivity index (χ1n) is 5.95. The zero-order valence-electron chi connectivity index (χ0n) is 11.2. The van der Waals surface area contributed by atoms with Crippen molar-refractivity contribution >= 4 is 17.0 Å². The van der Waals surface area contributed by atoms with Gasteiger partial charge in [-0.15, -0.1) is 0 Å². The normalized spacial score (nSPS) is 10.8. The summed E-state index contributed by atoms with van der Waals surface area (Å²) in [4.78, 5) is 23.4. The highest BCUT2D eigenvalue weighted by molar-refractivity contribution is 6.61. The van der Waals surface area contributed by atoms with Gasteiger partial charge >= 0.3 is 11.7 Å². The molecule has 22 heavy (non-hydrogen) atoms. The van der Waals surface area contributed by atoms with E-state index in [2.05, 4.69) is 9.62 Å². The quantitative estimate of drug-likeness (QED) is 0.301. The summed E-state index contributed by atoms with van der Waals surface area (Å²) in [7, 11) is 0. The van der Waals surface area contributed by atoms with E-state index in [1.807, 2.05) is 6.07 Å². The summed E-state index contributed by atoms with van der Waals surface area (Å²) < 4.78 is 4.54.